The highest BCUT2D eigenvalue weighted by molar-refractivity contribution is 5.32. The Labute approximate surface area is 138 Å². The third-order valence-electron chi connectivity index (χ3n) is 4.37. The fourth-order valence-corrected chi connectivity index (χ4v) is 3.36. The van der Waals surface area contributed by atoms with Gasteiger partial charge < -0.3 is 15.4 Å². The van der Waals surface area contributed by atoms with E-state index in [1.165, 1.54) is 22.6 Å². The van der Waals surface area contributed by atoms with Gasteiger partial charge in [0.25, 0.3) is 0 Å². The largest absolute Gasteiger partial charge is 0.573 e. The number of hydrogen-bond acceptors (Lipinski definition) is 2. The molecule has 2 aromatic rings. The molecule has 2 aromatic carbocycles. The van der Waals surface area contributed by atoms with Gasteiger partial charge >= 0.3 is 6.36 Å². The number of benzene rings is 2. The molecule has 0 amide bonds. The molecule has 0 spiro atoms. The molecular formula is C18H20F3N2O+. The Hall–Kier alpha value is -2.05. The van der Waals surface area contributed by atoms with Crippen LogP contribution >= 0.6 is 0 Å². The maximum atomic E-state index is 12.4. The fraction of sp³-hybridized carbons (Fsp3) is 0.333. The number of halogens is 3. The molecule has 0 aliphatic carbocycles. The topological polar surface area (TPSA) is 39.7 Å². The number of rotatable bonds is 4. The van der Waals surface area contributed by atoms with Crippen LogP contribution in [0.5, 0.6) is 5.75 Å². The van der Waals surface area contributed by atoms with Gasteiger partial charge in [0.1, 0.15) is 12.3 Å². The number of likely N-dealkylation sites (tertiary alicyclic amines) is 1. The zero-order valence-corrected chi connectivity index (χ0v) is 13.1. The zero-order chi connectivity index (χ0) is 17.2. The van der Waals surface area contributed by atoms with Gasteiger partial charge in [-0.05, 0) is 17.7 Å². The Bertz CT molecular complexity index is 675. The molecule has 0 aromatic heterocycles. The van der Waals surface area contributed by atoms with Crippen LogP contribution in [0.1, 0.15) is 17.0 Å². The van der Waals surface area contributed by atoms with Crippen LogP contribution in [0.4, 0.5) is 13.2 Å². The van der Waals surface area contributed by atoms with Crippen molar-refractivity contribution in [2.24, 2.45) is 5.73 Å². The summed E-state index contributed by atoms with van der Waals surface area (Å²) in [6.45, 7) is 2.46. The second-order valence-corrected chi connectivity index (χ2v) is 6.21. The maximum Gasteiger partial charge on any atom is 0.573 e. The molecule has 1 fully saturated rings. The summed E-state index contributed by atoms with van der Waals surface area (Å²) in [6.07, 6.45) is -4.68. The monoisotopic (exact) mass is 337 g/mol. The first-order chi connectivity index (χ1) is 11.4. The van der Waals surface area contributed by atoms with E-state index in [0.29, 0.717) is 0 Å². The summed E-state index contributed by atoms with van der Waals surface area (Å²) in [6, 6.07) is 16.2. The lowest BCUT2D eigenvalue weighted by molar-refractivity contribution is -0.902. The Morgan fingerprint density at radius 2 is 1.79 bits per heavy atom. The van der Waals surface area contributed by atoms with Crippen molar-refractivity contribution in [3.63, 3.8) is 0 Å². The van der Waals surface area contributed by atoms with Crippen LogP contribution in [0.2, 0.25) is 0 Å². The van der Waals surface area contributed by atoms with Gasteiger partial charge in [-0.3, -0.25) is 0 Å². The molecule has 1 aliphatic heterocycles. The summed E-state index contributed by atoms with van der Waals surface area (Å²) in [5, 5.41) is 0. The molecule has 3 nitrogen and oxygen atoms in total. The molecule has 1 heterocycles. The summed E-state index contributed by atoms with van der Waals surface area (Å²) < 4.78 is 41.2. The first kappa shape index (κ1) is 16.8. The van der Waals surface area contributed by atoms with Crippen molar-refractivity contribution in [1.82, 2.24) is 0 Å². The van der Waals surface area contributed by atoms with E-state index < -0.39 is 6.36 Å². The highest BCUT2D eigenvalue weighted by atomic mass is 19.4. The molecule has 3 atom stereocenters. The van der Waals surface area contributed by atoms with Gasteiger partial charge in [-0.25, -0.2) is 0 Å². The molecule has 6 heteroatoms. The fourth-order valence-electron chi connectivity index (χ4n) is 3.36. The van der Waals surface area contributed by atoms with Gasteiger partial charge in [0.2, 0.25) is 0 Å². The van der Waals surface area contributed by atoms with E-state index in [1.54, 1.807) is 6.07 Å². The quantitative estimate of drug-likeness (QED) is 0.897. The maximum absolute atomic E-state index is 12.4. The van der Waals surface area contributed by atoms with E-state index in [1.807, 2.05) is 24.3 Å². The lowest BCUT2D eigenvalue weighted by Crippen LogP contribution is -3.09. The predicted molar refractivity (Wildman–Crippen MR) is 84.7 cm³/mol. The molecule has 0 saturated carbocycles. The minimum absolute atomic E-state index is 0.0282. The molecule has 1 saturated heterocycles. The van der Waals surface area contributed by atoms with Crippen molar-refractivity contribution < 1.29 is 22.8 Å². The van der Waals surface area contributed by atoms with Crippen LogP contribution in [0.25, 0.3) is 0 Å². The van der Waals surface area contributed by atoms with Gasteiger partial charge in [0.15, 0.2) is 0 Å². The Balaban J connectivity index is 1.70. The predicted octanol–water partition coefficient (Wildman–Crippen LogP) is 2.09. The Morgan fingerprint density at radius 1 is 1.04 bits per heavy atom. The zero-order valence-electron chi connectivity index (χ0n) is 13.1. The third-order valence-corrected chi connectivity index (χ3v) is 4.37. The van der Waals surface area contributed by atoms with Crippen molar-refractivity contribution in [1.29, 1.82) is 0 Å². The van der Waals surface area contributed by atoms with Crippen LogP contribution < -0.4 is 15.4 Å². The lowest BCUT2D eigenvalue weighted by Gasteiger charge is -2.15. The normalized spacial score (nSPS) is 24.1. The SMILES string of the molecule is N[C@H]1C[NH+](Cc2ccccc2)C[C@@H]1c1cccc(OC(F)(F)F)c1. The number of nitrogens with two attached hydrogens (primary N) is 1. The van der Waals surface area contributed by atoms with E-state index in [2.05, 4.69) is 16.9 Å². The van der Waals surface area contributed by atoms with E-state index in [-0.39, 0.29) is 17.7 Å². The molecular weight excluding hydrogens is 317 g/mol. The third kappa shape index (κ3) is 4.27. The van der Waals surface area contributed by atoms with Crippen molar-refractivity contribution in [3.05, 3.63) is 65.7 Å². The first-order valence-corrected chi connectivity index (χ1v) is 7.89. The molecule has 1 unspecified atom stereocenters. The lowest BCUT2D eigenvalue weighted by atomic mass is 9.95. The van der Waals surface area contributed by atoms with Gasteiger partial charge in [0.05, 0.1) is 25.0 Å². The van der Waals surface area contributed by atoms with Crippen LogP contribution in [-0.2, 0) is 6.54 Å². The molecule has 24 heavy (non-hydrogen) atoms. The van der Waals surface area contributed by atoms with Gasteiger partial charge in [0, 0.05) is 5.56 Å². The van der Waals surface area contributed by atoms with E-state index in [4.69, 9.17) is 5.73 Å². The van der Waals surface area contributed by atoms with Crippen molar-refractivity contribution in [3.8, 4) is 5.75 Å². The number of ether oxygens (including phenoxy) is 1. The van der Waals surface area contributed by atoms with Crippen LogP contribution in [0.3, 0.4) is 0 Å². The minimum atomic E-state index is -4.68. The number of quaternary nitrogens is 1. The van der Waals surface area contributed by atoms with Gasteiger partial charge in [-0.1, -0.05) is 42.5 Å². The number of nitrogens with one attached hydrogen (secondary N) is 1. The van der Waals surface area contributed by atoms with Crippen LogP contribution in [0, 0.1) is 0 Å². The Morgan fingerprint density at radius 3 is 2.50 bits per heavy atom. The Kier molecular flexibility index (Phi) is 4.78. The highest BCUT2D eigenvalue weighted by Gasteiger charge is 2.36. The molecule has 3 rings (SSSR count). The first-order valence-electron chi connectivity index (χ1n) is 7.89. The second-order valence-electron chi connectivity index (χ2n) is 6.21. The summed E-state index contributed by atoms with van der Waals surface area (Å²) in [5.74, 6) is -0.163. The van der Waals surface area contributed by atoms with Crippen molar-refractivity contribution in [2.45, 2.75) is 24.9 Å². The summed E-state index contributed by atoms with van der Waals surface area (Å²) in [5.41, 5.74) is 8.28. The van der Waals surface area contributed by atoms with E-state index >= 15 is 0 Å². The molecule has 3 N–H and O–H groups in total. The standard InChI is InChI=1S/C18H19F3N2O/c19-18(20,21)24-15-8-4-7-14(9-15)16-11-23(12-17(16)22)10-13-5-2-1-3-6-13/h1-9,16-17H,10-12,22H2/p+1/t16-,17+/m1/s1. The smallest absolute Gasteiger partial charge is 0.406 e. The van der Waals surface area contributed by atoms with Crippen molar-refractivity contribution in [2.75, 3.05) is 13.1 Å². The van der Waals surface area contributed by atoms with E-state index in [9.17, 15) is 13.2 Å². The highest BCUT2D eigenvalue weighted by Crippen LogP contribution is 2.27. The minimum Gasteiger partial charge on any atom is -0.406 e. The molecule has 0 radical (unpaired) electrons. The average Bonchev–Trinajstić information content (AvgIpc) is 2.87. The summed E-state index contributed by atoms with van der Waals surface area (Å²) in [7, 11) is 0. The summed E-state index contributed by atoms with van der Waals surface area (Å²) in [4.78, 5) is 1.33. The van der Waals surface area contributed by atoms with Crippen LogP contribution in [0.15, 0.2) is 54.6 Å². The summed E-state index contributed by atoms with van der Waals surface area (Å²) >= 11 is 0. The van der Waals surface area contributed by atoms with Gasteiger partial charge in [-0.15, -0.1) is 13.2 Å². The van der Waals surface area contributed by atoms with E-state index in [0.717, 1.165) is 25.2 Å². The average molecular weight is 337 g/mol. The second kappa shape index (κ2) is 6.83. The number of hydrogen-bond donors (Lipinski definition) is 2. The molecule has 1 aliphatic rings. The van der Waals surface area contributed by atoms with Gasteiger partial charge in [-0.2, -0.15) is 0 Å². The number of alkyl halides is 3. The molecule has 0 bridgehead atoms. The van der Waals surface area contributed by atoms with Crippen molar-refractivity contribution >= 4 is 0 Å². The van der Waals surface area contributed by atoms with Crippen LogP contribution in [-0.4, -0.2) is 25.5 Å². The molecule has 128 valence electrons.